The molecule has 0 aliphatic rings. The summed E-state index contributed by atoms with van der Waals surface area (Å²) in [5, 5.41) is 0. The van der Waals surface area contributed by atoms with Crippen molar-refractivity contribution in [1.29, 1.82) is 0 Å². The molecule has 1 rings (SSSR count). The Bertz CT molecular complexity index is 960. The van der Waals surface area contributed by atoms with Gasteiger partial charge in [-0.2, -0.15) is 0 Å². The van der Waals surface area contributed by atoms with Crippen LogP contribution in [0, 0.1) is 17.8 Å². The lowest BCUT2D eigenvalue weighted by molar-refractivity contribution is -0.148. The van der Waals surface area contributed by atoms with E-state index < -0.39 is 36.2 Å². The summed E-state index contributed by atoms with van der Waals surface area (Å²) < 4.78 is 26.3. The highest BCUT2D eigenvalue weighted by atomic mass is 16.7. The van der Waals surface area contributed by atoms with E-state index >= 15 is 0 Å². The van der Waals surface area contributed by atoms with Crippen molar-refractivity contribution >= 4 is 24.1 Å². The van der Waals surface area contributed by atoms with Crippen LogP contribution in [0.15, 0.2) is 18.2 Å². The van der Waals surface area contributed by atoms with Crippen LogP contribution >= 0.6 is 0 Å². The highest BCUT2D eigenvalue weighted by molar-refractivity contribution is 5.77. The number of hydrogen-bond acceptors (Lipinski definition) is 10. The second-order valence-electron chi connectivity index (χ2n) is 11.0. The average molecular weight is 566 g/mol. The van der Waals surface area contributed by atoms with Gasteiger partial charge in [-0.3, -0.25) is 14.4 Å². The van der Waals surface area contributed by atoms with Crippen LogP contribution < -0.4 is 15.2 Å². The molecule has 10 heteroatoms. The third-order valence-corrected chi connectivity index (χ3v) is 6.01. The first-order chi connectivity index (χ1) is 18.8. The number of rotatable bonds is 17. The number of nitrogens with two attached hydrogens (primary N) is 1. The molecule has 0 heterocycles. The number of carbonyl (C=O) groups is 4. The Morgan fingerprint density at radius 3 is 1.93 bits per heavy atom. The van der Waals surface area contributed by atoms with E-state index in [1.54, 1.807) is 13.0 Å². The zero-order valence-electron chi connectivity index (χ0n) is 25.0. The molecule has 0 saturated heterocycles. The fourth-order valence-corrected chi connectivity index (χ4v) is 3.21. The van der Waals surface area contributed by atoms with E-state index in [2.05, 4.69) is 0 Å². The Balaban J connectivity index is 2.79. The van der Waals surface area contributed by atoms with Gasteiger partial charge in [0.15, 0.2) is 11.5 Å². The topological polar surface area (TPSA) is 140 Å². The third-order valence-electron chi connectivity index (χ3n) is 6.01. The van der Waals surface area contributed by atoms with Crippen molar-refractivity contribution in [2.24, 2.45) is 23.5 Å². The summed E-state index contributed by atoms with van der Waals surface area (Å²) in [6, 6.07) is 3.66. The van der Waals surface area contributed by atoms with Crippen molar-refractivity contribution in [2.45, 2.75) is 99.1 Å². The summed E-state index contributed by atoms with van der Waals surface area (Å²) in [7, 11) is 0. The predicted octanol–water partition coefficient (Wildman–Crippen LogP) is 5.37. The van der Waals surface area contributed by atoms with Crippen molar-refractivity contribution in [3.63, 3.8) is 0 Å². The first-order valence-electron chi connectivity index (χ1n) is 14.1. The minimum absolute atomic E-state index is 0.0726. The maximum Gasteiger partial charge on any atom is 0.508 e. The van der Waals surface area contributed by atoms with E-state index in [0.29, 0.717) is 30.2 Å². The van der Waals surface area contributed by atoms with Crippen molar-refractivity contribution in [3.05, 3.63) is 23.8 Å². The summed E-state index contributed by atoms with van der Waals surface area (Å²) >= 11 is 0. The van der Waals surface area contributed by atoms with E-state index in [9.17, 15) is 19.2 Å². The summed E-state index contributed by atoms with van der Waals surface area (Å²) in [6.07, 6.45) is 1.15. The fraction of sp³-hybridized carbons (Fsp3) is 0.667. The lowest BCUT2D eigenvalue weighted by Crippen LogP contribution is -2.36. The zero-order valence-corrected chi connectivity index (χ0v) is 25.0. The monoisotopic (exact) mass is 565 g/mol. The second kappa shape index (κ2) is 18.3. The van der Waals surface area contributed by atoms with Crippen LogP contribution in [0.5, 0.6) is 11.5 Å². The van der Waals surface area contributed by atoms with E-state index in [4.69, 9.17) is 29.4 Å². The minimum Gasteiger partial charge on any atom is -0.461 e. The van der Waals surface area contributed by atoms with Gasteiger partial charge in [0.05, 0.1) is 6.61 Å². The summed E-state index contributed by atoms with van der Waals surface area (Å²) in [5.41, 5.74) is 6.63. The molecule has 3 atom stereocenters. The Morgan fingerprint density at radius 2 is 1.38 bits per heavy atom. The Kier molecular flexibility index (Phi) is 15.9. The van der Waals surface area contributed by atoms with E-state index in [1.807, 2.05) is 41.5 Å². The van der Waals surface area contributed by atoms with Crippen molar-refractivity contribution in [3.8, 4) is 11.5 Å². The lowest BCUT2D eigenvalue weighted by atomic mass is 10.1. The molecule has 0 aliphatic carbocycles. The Hall–Kier alpha value is -3.14. The normalized spacial score (nSPS) is 13.3. The molecule has 0 radical (unpaired) electrons. The molecular formula is C30H47NO9. The molecule has 0 fully saturated rings. The van der Waals surface area contributed by atoms with Crippen LogP contribution in [0.4, 0.5) is 4.79 Å². The van der Waals surface area contributed by atoms with Gasteiger partial charge in [-0.25, -0.2) is 4.79 Å². The third kappa shape index (κ3) is 14.9. The fourth-order valence-electron chi connectivity index (χ4n) is 3.21. The number of ether oxygens (including phenoxy) is 5. The molecule has 1 unspecified atom stereocenters. The van der Waals surface area contributed by atoms with Crippen LogP contribution in [0.1, 0.15) is 86.1 Å². The smallest absolute Gasteiger partial charge is 0.461 e. The largest absolute Gasteiger partial charge is 0.508 e. The molecule has 10 nitrogen and oxygen atoms in total. The standard InChI is InChI=1S/C30H47NO9/c1-8-21(6)17-37-30(35)38-22(7)18-36-29(34)24(31)15-23-11-12-25(39-27(32)13-9-19(2)3)26(16-23)40-28(33)14-10-20(4)5/h11-12,16,19-22,24H,8-10,13-15,17-18,31H2,1-7H3/t21?,22-,24-/m0/s1. The lowest BCUT2D eigenvalue weighted by Gasteiger charge is -2.17. The highest BCUT2D eigenvalue weighted by Crippen LogP contribution is 2.30. The summed E-state index contributed by atoms with van der Waals surface area (Å²) in [4.78, 5) is 49.0. The van der Waals surface area contributed by atoms with Gasteiger partial charge in [-0.1, -0.05) is 54.0 Å². The molecule has 1 aromatic rings. The van der Waals surface area contributed by atoms with Gasteiger partial charge >= 0.3 is 24.1 Å². The van der Waals surface area contributed by atoms with Gasteiger partial charge in [-0.15, -0.1) is 0 Å². The maximum atomic E-state index is 12.5. The first kappa shape index (κ1) is 34.9. The molecule has 2 N–H and O–H groups in total. The molecule has 40 heavy (non-hydrogen) atoms. The Labute approximate surface area is 238 Å². The summed E-state index contributed by atoms with van der Waals surface area (Å²) in [5.74, 6) is -0.494. The number of benzene rings is 1. The molecule has 0 saturated carbocycles. The summed E-state index contributed by atoms with van der Waals surface area (Å²) in [6.45, 7) is 13.6. The van der Waals surface area contributed by atoms with Crippen LogP contribution in [0.2, 0.25) is 0 Å². The predicted molar refractivity (Wildman–Crippen MR) is 150 cm³/mol. The van der Waals surface area contributed by atoms with Gasteiger partial charge in [0.1, 0.15) is 18.8 Å². The molecule has 0 aliphatic heterocycles. The second-order valence-corrected chi connectivity index (χ2v) is 11.0. The molecule has 0 bridgehead atoms. The van der Waals surface area contributed by atoms with Crippen LogP contribution in [-0.2, 0) is 35.0 Å². The molecular weight excluding hydrogens is 518 g/mol. The number of carbonyl (C=O) groups excluding carboxylic acids is 4. The number of hydrogen-bond donors (Lipinski definition) is 1. The van der Waals surface area contributed by atoms with Gasteiger partial charge in [0.25, 0.3) is 0 Å². The van der Waals surface area contributed by atoms with Crippen molar-refractivity contribution in [1.82, 2.24) is 0 Å². The zero-order chi connectivity index (χ0) is 30.2. The minimum atomic E-state index is -1.03. The molecule has 226 valence electrons. The van der Waals surface area contributed by atoms with Gasteiger partial charge in [-0.05, 0) is 61.6 Å². The van der Waals surface area contributed by atoms with Crippen LogP contribution in [-0.4, -0.2) is 49.4 Å². The molecule has 0 aromatic heterocycles. The van der Waals surface area contributed by atoms with Gasteiger partial charge in [0, 0.05) is 12.8 Å². The molecule has 1 aromatic carbocycles. The van der Waals surface area contributed by atoms with Crippen molar-refractivity contribution in [2.75, 3.05) is 13.2 Å². The average Bonchev–Trinajstić information content (AvgIpc) is 2.89. The van der Waals surface area contributed by atoms with E-state index in [1.165, 1.54) is 12.1 Å². The maximum absolute atomic E-state index is 12.5. The highest BCUT2D eigenvalue weighted by Gasteiger charge is 2.21. The van der Waals surface area contributed by atoms with Crippen molar-refractivity contribution < 1.29 is 42.9 Å². The van der Waals surface area contributed by atoms with Gasteiger partial charge < -0.3 is 29.4 Å². The number of esters is 3. The van der Waals surface area contributed by atoms with Crippen LogP contribution in [0.3, 0.4) is 0 Å². The van der Waals surface area contributed by atoms with E-state index in [0.717, 1.165) is 6.42 Å². The van der Waals surface area contributed by atoms with Gasteiger partial charge in [0.2, 0.25) is 0 Å². The quantitative estimate of drug-likeness (QED) is 0.194. The molecule has 0 spiro atoms. The molecule has 0 amide bonds. The first-order valence-corrected chi connectivity index (χ1v) is 14.1. The Morgan fingerprint density at radius 1 is 0.800 bits per heavy atom. The SMILES string of the molecule is CCC(C)COC(=O)O[C@@H](C)COC(=O)[C@@H](N)Cc1ccc(OC(=O)CCC(C)C)c(OC(=O)CCC(C)C)c1. The van der Waals surface area contributed by atoms with Crippen LogP contribution in [0.25, 0.3) is 0 Å². The van der Waals surface area contributed by atoms with E-state index in [-0.39, 0.29) is 49.9 Å².